The molecule has 0 aromatic carbocycles. The molecule has 0 spiro atoms. The molecule has 0 amide bonds. The van der Waals surface area contributed by atoms with Crippen molar-refractivity contribution in [2.75, 3.05) is 25.5 Å². The molecule has 1 heterocycles. The van der Waals surface area contributed by atoms with Crippen molar-refractivity contribution in [3.05, 3.63) is 23.9 Å². The van der Waals surface area contributed by atoms with Gasteiger partial charge in [0.15, 0.2) is 0 Å². The maximum atomic E-state index is 5.67. The van der Waals surface area contributed by atoms with Crippen LogP contribution in [0.2, 0.25) is 0 Å². The molecule has 1 aromatic rings. The van der Waals surface area contributed by atoms with Gasteiger partial charge < -0.3 is 15.8 Å². The van der Waals surface area contributed by atoms with Gasteiger partial charge in [-0.3, -0.25) is 0 Å². The molecule has 0 saturated heterocycles. The van der Waals surface area contributed by atoms with Crippen LogP contribution in [0.25, 0.3) is 0 Å². The summed E-state index contributed by atoms with van der Waals surface area (Å²) in [6, 6.07) is 4.39. The van der Waals surface area contributed by atoms with E-state index in [4.69, 9.17) is 10.5 Å². The Kier molecular flexibility index (Phi) is 6.58. The van der Waals surface area contributed by atoms with E-state index < -0.39 is 0 Å². The van der Waals surface area contributed by atoms with E-state index in [-0.39, 0.29) is 0 Å². The normalized spacial score (nSPS) is 12.6. The zero-order valence-corrected chi connectivity index (χ0v) is 10.8. The van der Waals surface area contributed by atoms with E-state index in [1.807, 2.05) is 19.1 Å². The summed E-state index contributed by atoms with van der Waals surface area (Å²) in [7, 11) is 0. The minimum atomic E-state index is 0.438. The zero-order chi connectivity index (χ0) is 12.5. The van der Waals surface area contributed by atoms with Crippen molar-refractivity contribution in [1.29, 1.82) is 0 Å². The van der Waals surface area contributed by atoms with Crippen LogP contribution in [-0.2, 0) is 11.2 Å². The SMILES string of the molecule is CCNC(CCOCC)Cc1ccnc(N)c1. The molecular weight excluding hydrogens is 214 g/mol. The first-order valence-corrected chi connectivity index (χ1v) is 6.27. The largest absolute Gasteiger partial charge is 0.384 e. The highest BCUT2D eigenvalue weighted by Gasteiger charge is 2.08. The minimum Gasteiger partial charge on any atom is -0.384 e. The summed E-state index contributed by atoms with van der Waals surface area (Å²) in [6.07, 6.45) is 3.74. The molecule has 1 atom stereocenters. The second-order valence-corrected chi connectivity index (χ2v) is 4.03. The molecule has 0 aliphatic carbocycles. The lowest BCUT2D eigenvalue weighted by atomic mass is 10.0. The Morgan fingerprint density at radius 3 is 2.94 bits per heavy atom. The standard InChI is InChI=1S/C13H23N3O/c1-3-15-12(6-8-17-4-2)9-11-5-7-16-13(14)10-11/h5,7,10,12,15H,3-4,6,8-9H2,1-2H3,(H2,14,16). The lowest BCUT2D eigenvalue weighted by Gasteiger charge is -2.17. The summed E-state index contributed by atoms with van der Waals surface area (Å²) in [6.45, 7) is 6.69. The van der Waals surface area contributed by atoms with Gasteiger partial charge >= 0.3 is 0 Å². The molecule has 4 heteroatoms. The van der Waals surface area contributed by atoms with Crippen LogP contribution in [0.1, 0.15) is 25.8 Å². The molecule has 0 aliphatic rings. The van der Waals surface area contributed by atoms with Crippen LogP contribution in [0.4, 0.5) is 5.82 Å². The number of hydrogen-bond donors (Lipinski definition) is 2. The van der Waals surface area contributed by atoms with Crippen molar-refractivity contribution in [3.63, 3.8) is 0 Å². The lowest BCUT2D eigenvalue weighted by molar-refractivity contribution is 0.136. The number of pyridine rings is 1. The van der Waals surface area contributed by atoms with E-state index in [0.717, 1.165) is 32.6 Å². The smallest absolute Gasteiger partial charge is 0.123 e. The van der Waals surface area contributed by atoms with Crippen LogP contribution in [0.5, 0.6) is 0 Å². The third-order valence-electron chi connectivity index (χ3n) is 2.64. The van der Waals surface area contributed by atoms with E-state index >= 15 is 0 Å². The summed E-state index contributed by atoms with van der Waals surface area (Å²) < 4.78 is 5.39. The van der Waals surface area contributed by atoms with Crippen LogP contribution in [-0.4, -0.2) is 30.8 Å². The highest BCUT2D eigenvalue weighted by atomic mass is 16.5. The summed E-state index contributed by atoms with van der Waals surface area (Å²) in [5.41, 5.74) is 6.90. The number of hydrogen-bond acceptors (Lipinski definition) is 4. The Morgan fingerprint density at radius 2 is 2.29 bits per heavy atom. The first-order valence-electron chi connectivity index (χ1n) is 6.27. The fourth-order valence-electron chi connectivity index (χ4n) is 1.84. The molecule has 3 N–H and O–H groups in total. The van der Waals surface area contributed by atoms with Gasteiger partial charge in [-0.25, -0.2) is 4.98 Å². The topological polar surface area (TPSA) is 60.2 Å². The number of nitrogen functional groups attached to an aromatic ring is 1. The molecule has 1 rings (SSSR count). The van der Waals surface area contributed by atoms with Gasteiger partial charge in [-0.2, -0.15) is 0 Å². The number of nitrogens with two attached hydrogens (primary N) is 1. The molecule has 0 bridgehead atoms. The number of nitrogens with zero attached hydrogens (tertiary/aromatic N) is 1. The second-order valence-electron chi connectivity index (χ2n) is 4.03. The number of rotatable bonds is 8. The van der Waals surface area contributed by atoms with Gasteiger partial charge in [0.05, 0.1) is 0 Å². The maximum absolute atomic E-state index is 5.67. The van der Waals surface area contributed by atoms with Crippen molar-refractivity contribution < 1.29 is 4.74 Å². The lowest BCUT2D eigenvalue weighted by Crippen LogP contribution is -2.32. The van der Waals surface area contributed by atoms with Crippen molar-refractivity contribution >= 4 is 5.82 Å². The predicted octanol–water partition coefficient (Wildman–Crippen LogP) is 1.61. The molecule has 0 aliphatic heterocycles. The Bertz CT molecular complexity index is 317. The van der Waals surface area contributed by atoms with Gasteiger partial charge in [0, 0.05) is 25.5 Å². The third-order valence-corrected chi connectivity index (χ3v) is 2.64. The van der Waals surface area contributed by atoms with E-state index in [2.05, 4.69) is 17.2 Å². The fraction of sp³-hybridized carbons (Fsp3) is 0.615. The van der Waals surface area contributed by atoms with Gasteiger partial charge in [0.25, 0.3) is 0 Å². The van der Waals surface area contributed by atoms with Gasteiger partial charge in [-0.1, -0.05) is 6.92 Å². The summed E-state index contributed by atoms with van der Waals surface area (Å²) >= 11 is 0. The Hall–Kier alpha value is -1.13. The van der Waals surface area contributed by atoms with Crippen molar-refractivity contribution in [1.82, 2.24) is 10.3 Å². The second kappa shape index (κ2) is 8.03. The summed E-state index contributed by atoms with van der Waals surface area (Å²) in [5, 5.41) is 3.47. The van der Waals surface area contributed by atoms with Crippen LogP contribution >= 0.6 is 0 Å². The van der Waals surface area contributed by atoms with Gasteiger partial charge in [-0.15, -0.1) is 0 Å². The van der Waals surface area contributed by atoms with Crippen molar-refractivity contribution in [2.45, 2.75) is 32.7 Å². The number of aromatic nitrogens is 1. The monoisotopic (exact) mass is 237 g/mol. The van der Waals surface area contributed by atoms with E-state index in [0.29, 0.717) is 11.9 Å². The van der Waals surface area contributed by atoms with Crippen LogP contribution < -0.4 is 11.1 Å². The van der Waals surface area contributed by atoms with E-state index in [9.17, 15) is 0 Å². The number of ether oxygens (including phenoxy) is 1. The highest BCUT2D eigenvalue weighted by molar-refractivity contribution is 5.32. The number of likely N-dealkylation sites (N-methyl/N-ethyl adjacent to an activating group) is 1. The van der Waals surface area contributed by atoms with Gasteiger partial charge in [0.1, 0.15) is 5.82 Å². The van der Waals surface area contributed by atoms with Crippen molar-refractivity contribution in [2.24, 2.45) is 0 Å². The third kappa shape index (κ3) is 5.65. The molecule has 1 unspecified atom stereocenters. The fourth-order valence-corrected chi connectivity index (χ4v) is 1.84. The molecular formula is C13H23N3O. The zero-order valence-electron chi connectivity index (χ0n) is 10.8. The van der Waals surface area contributed by atoms with Crippen molar-refractivity contribution in [3.8, 4) is 0 Å². The average molecular weight is 237 g/mol. The minimum absolute atomic E-state index is 0.438. The first-order chi connectivity index (χ1) is 8.26. The van der Waals surface area contributed by atoms with Crippen LogP contribution in [0, 0.1) is 0 Å². The molecule has 17 heavy (non-hydrogen) atoms. The van der Waals surface area contributed by atoms with Crippen LogP contribution in [0.3, 0.4) is 0 Å². The Morgan fingerprint density at radius 1 is 1.47 bits per heavy atom. The average Bonchev–Trinajstić information content (AvgIpc) is 2.29. The summed E-state index contributed by atoms with van der Waals surface area (Å²) in [4.78, 5) is 4.00. The first kappa shape index (κ1) is 13.9. The molecule has 0 fully saturated rings. The number of nitrogens with one attached hydrogen (secondary N) is 1. The quantitative estimate of drug-likeness (QED) is 0.674. The van der Waals surface area contributed by atoms with Gasteiger partial charge in [0.2, 0.25) is 0 Å². The number of anilines is 1. The van der Waals surface area contributed by atoms with Gasteiger partial charge in [-0.05, 0) is 44.0 Å². The molecule has 0 saturated carbocycles. The van der Waals surface area contributed by atoms with E-state index in [1.54, 1.807) is 6.20 Å². The molecule has 1 aromatic heterocycles. The summed E-state index contributed by atoms with van der Waals surface area (Å²) in [5.74, 6) is 0.586. The Balaban J connectivity index is 2.47. The maximum Gasteiger partial charge on any atom is 0.123 e. The molecule has 96 valence electrons. The van der Waals surface area contributed by atoms with Crippen LogP contribution in [0.15, 0.2) is 18.3 Å². The molecule has 0 radical (unpaired) electrons. The molecule has 4 nitrogen and oxygen atoms in total. The Labute approximate surface area is 104 Å². The highest BCUT2D eigenvalue weighted by Crippen LogP contribution is 2.08. The predicted molar refractivity (Wildman–Crippen MR) is 70.9 cm³/mol. The van der Waals surface area contributed by atoms with E-state index in [1.165, 1.54) is 5.56 Å².